The van der Waals surface area contributed by atoms with Crippen molar-refractivity contribution in [2.45, 2.75) is 32.7 Å². The number of rotatable bonds is 3. The van der Waals surface area contributed by atoms with E-state index in [-0.39, 0.29) is 23.8 Å². The lowest BCUT2D eigenvalue weighted by molar-refractivity contribution is -0.123. The Hall–Kier alpha value is -2.50. The van der Waals surface area contributed by atoms with Gasteiger partial charge in [0.1, 0.15) is 17.1 Å². The van der Waals surface area contributed by atoms with E-state index in [0.29, 0.717) is 29.2 Å². The number of carbonyl (C=O) groups is 2. The first-order valence-corrected chi connectivity index (χ1v) is 8.09. The van der Waals surface area contributed by atoms with Crippen LogP contribution in [0.15, 0.2) is 22.6 Å². The molecule has 24 heavy (non-hydrogen) atoms. The summed E-state index contributed by atoms with van der Waals surface area (Å²) in [6, 6.07) is 5.46. The number of nitrogens with zero attached hydrogens (tertiary/aromatic N) is 1. The number of carbonyl (C=O) groups excluding carboxylic acids is 2. The highest BCUT2D eigenvalue weighted by Gasteiger charge is 2.34. The molecule has 2 aromatic rings. The van der Waals surface area contributed by atoms with Gasteiger partial charge in [0.05, 0.1) is 18.6 Å². The van der Waals surface area contributed by atoms with Crippen LogP contribution in [-0.4, -0.2) is 36.4 Å². The second-order valence-corrected chi connectivity index (χ2v) is 6.38. The van der Waals surface area contributed by atoms with Crippen LogP contribution in [-0.2, 0) is 4.79 Å². The van der Waals surface area contributed by atoms with Crippen LogP contribution in [0.25, 0.3) is 11.0 Å². The normalized spacial score (nSPS) is 21.0. The third-order valence-electron chi connectivity index (χ3n) is 4.83. The smallest absolute Gasteiger partial charge is 0.258 e. The summed E-state index contributed by atoms with van der Waals surface area (Å²) in [4.78, 5) is 26.4. The molecule has 3 rings (SSSR count). The molecule has 0 spiro atoms. The first-order chi connectivity index (χ1) is 11.4. The van der Waals surface area contributed by atoms with E-state index in [1.807, 2.05) is 6.92 Å². The molecule has 0 aliphatic carbocycles. The summed E-state index contributed by atoms with van der Waals surface area (Å²) in [7, 11) is 1.58. The summed E-state index contributed by atoms with van der Waals surface area (Å²) in [6.07, 6.45) is 1.48. The van der Waals surface area contributed by atoms with Crippen molar-refractivity contribution >= 4 is 22.8 Å². The van der Waals surface area contributed by atoms with Crippen molar-refractivity contribution in [2.24, 2.45) is 11.7 Å². The van der Waals surface area contributed by atoms with Crippen LogP contribution in [0, 0.1) is 12.8 Å². The van der Waals surface area contributed by atoms with E-state index in [2.05, 4.69) is 0 Å². The minimum absolute atomic E-state index is 0.0584. The van der Waals surface area contributed by atoms with E-state index >= 15 is 0 Å². The molecule has 0 radical (unpaired) electrons. The van der Waals surface area contributed by atoms with E-state index < -0.39 is 0 Å². The second-order valence-electron chi connectivity index (χ2n) is 6.38. The summed E-state index contributed by atoms with van der Waals surface area (Å²) in [5.41, 5.74) is 6.61. The number of benzene rings is 1. The summed E-state index contributed by atoms with van der Waals surface area (Å²) >= 11 is 0. The van der Waals surface area contributed by atoms with Gasteiger partial charge in [-0.05, 0) is 44.9 Å². The number of piperidine rings is 1. The van der Waals surface area contributed by atoms with Crippen molar-refractivity contribution < 1.29 is 18.7 Å². The highest BCUT2D eigenvalue weighted by atomic mass is 16.5. The molecule has 1 aromatic carbocycles. The zero-order chi connectivity index (χ0) is 17.4. The Bertz CT molecular complexity index is 796. The number of amides is 2. The standard InChI is InChI=1S/C18H22N2O4/c1-10-4-5-12(17(19)21)9-20(10)18(22)16-11(2)24-15-7-6-13(23-3)8-14(15)16/h6-8,10,12H,4-5,9H2,1-3H3,(H2,19,21). The molecule has 6 nitrogen and oxygen atoms in total. The van der Waals surface area contributed by atoms with Gasteiger partial charge in [-0.1, -0.05) is 0 Å². The van der Waals surface area contributed by atoms with Crippen LogP contribution in [0.2, 0.25) is 0 Å². The number of hydrogen-bond donors (Lipinski definition) is 1. The average Bonchev–Trinajstić information content (AvgIpc) is 2.89. The molecular formula is C18H22N2O4. The first-order valence-electron chi connectivity index (χ1n) is 8.09. The fraction of sp³-hybridized carbons (Fsp3) is 0.444. The van der Waals surface area contributed by atoms with Gasteiger partial charge in [-0.2, -0.15) is 0 Å². The Kier molecular flexibility index (Phi) is 4.22. The number of aryl methyl sites for hydroxylation is 1. The Morgan fingerprint density at radius 2 is 2.08 bits per heavy atom. The zero-order valence-electron chi connectivity index (χ0n) is 14.2. The molecule has 1 saturated heterocycles. The number of nitrogens with two attached hydrogens (primary N) is 1. The second kappa shape index (κ2) is 6.19. The summed E-state index contributed by atoms with van der Waals surface area (Å²) in [5, 5.41) is 0.727. The average molecular weight is 330 g/mol. The van der Waals surface area contributed by atoms with Gasteiger partial charge in [0.15, 0.2) is 0 Å². The van der Waals surface area contributed by atoms with E-state index in [1.54, 1.807) is 37.1 Å². The van der Waals surface area contributed by atoms with Gasteiger partial charge in [0.2, 0.25) is 5.91 Å². The number of likely N-dealkylation sites (tertiary alicyclic amines) is 1. The van der Waals surface area contributed by atoms with Crippen LogP contribution in [0.1, 0.15) is 35.9 Å². The van der Waals surface area contributed by atoms with Crippen molar-refractivity contribution in [1.29, 1.82) is 0 Å². The number of methoxy groups -OCH3 is 1. The number of primary amides is 1. The fourth-order valence-corrected chi connectivity index (χ4v) is 3.36. The molecule has 1 aliphatic heterocycles. The minimum atomic E-state index is -0.352. The summed E-state index contributed by atoms with van der Waals surface area (Å²) in [6.45, 7) is 4.12. The molecule has 1 aromatic heterocycles. The van der Waals surface area contributed by atoms with Crippen LogP contribution >= 0.6 is 0 Å². The predicted octanol–water partition coefficient (Wildman–Crippen LogP) is 2.48. The molecule has 2 atom stereocenters. The Morgan fingerprint density at radius 1 is 1.33 bits per heavy atom. The van der Waals surface area contributed by atoms with Gasteiger partial charge >= 0.3 is 0 Å². The zero-order valence-corrected chi connectivity index (χ0v) is 14.2. The van der Waals surface area contributed by atoms with Gasteiger partial charge in [-0.3, -0.25) is 9.59 Å². The predicted molar refractivity (Wildman–Crippen MR) is 89.9 cm³/mol. The van der Waals surface area contributed by atoms with Gasteiger partial charge in [-0.15, -0.1) is 0 Å². The topological polar surface area (TPSA) is 85.8 Å². The minimum Gasteiger partial charge on any atom is -0.497 e. The summed E-state index contributed by atoms with van der Waals surface area (Å²) < 4.78 is 11.0. The Balaban J connectivity index is 2.01. The molecule has 2 heterocycles. The number of fused-ring (bicyclic) bond motifs is 1. The van der Waals surface area contributed by atoms with E-state index in [0.717, 1.165) is 18.2 Å². The third kappa shape index (κ3) is 2.72. The van der Waals surface area contributed by atoms with Crippen LogP contribution < -0.4 is 10.5 Å². The molecular weight excluding hydrogens is 308 g/mol. The molecule has 1 fully saturated rings. The maximum Gasteiger partial charge on any atom is 0.258 e. The highest BCUT2D eigenvalue weighted by Crippen LogP contribution is 2.32. The molecule has 2 unspecified atom stereocenters. The van der Waals surface area contributed by atoms with Crippen LogP contribution in [0.4, 0.5) is 0 Å². The number of ether oxygens (including phenoxy) is 1. The molecule has 1 aliphatic rings. The quantitative estimate of drug-likeness (QED) is 0.937. The van der Waals surface area contributed by atoms with Crippen molar-refractivity contribution in [3.05, 3.63) is 29.5 Å². The monoisotopic (exact) mass is 330 g/mol. The van der Waals surface area contributed by atoms with Crippen molar-refractivity contribution in [1.82, 2.24) is 4.90 Å². The Morgan fingerprint density at radius 3 is 2.75 bits per heavy atom. The van der Waals surface area contributed by atoms with Crippen molar-refractivity contribution in [2.75, 3.05) is 13.7 Å². The molecule has 2 N–H and O–H groups in total. The molecule has 128 valence electrons. The van der Waals surface area contributed by atoms with Crippen LogP contribution in [0.3, 0.4) is 0 Å². The molecule has 0 bridgehead atoms. The van der Waals surface area contributed by atoms with Crippen molar-refractivity contribution in [3.8, 4) is 5.75 Å². The largest absolute Gasteiger partial charge is 0.497 e. The fourth-order valence-electron chi connectivity index (χ4n) is 3.36. The lowest BCUT2D eigenvalue weighted by atomic mass is 9.92. The van der Waals surface area contributed by atoms with Gasteiger partial charge in [-0.25, -0.2) is 0 Å². The maximum atomic E-state index is 13.1. The lowest BCUT2D eigenvalue weighted by Crippen LogP contribution is -2.48. The van der Waals surface area contributed by atoms with E-state index in [1.165, 1.54) is 0 Å². The van der Waals surface area contributed by atoms with Gasteiger partial charge in [0.25, 0.3) is 5.91 Å². The van der Waals surface area contributed by atoms with Crippen LogP contribution in [0.5, 0.6) is 5.75 Å². The van der Waals surface area contributed by atoms with Gasteiger partial charge in [0, 0.05) is 18.0 Å². The molecule has 6 heteroatoms. The maximum absolute atomic E-state index is 13.1. The summed E-state index contributed by atoms with van der Waals surface area (Å²) in [5.74, 6) is 0.460. The van der Waals surface area contributed by atoms with Crippen molar-refractivity contribution in [3.63, 3.8) is 0 Å². The Labute approximate surface area is 140 Å². The number of furan rings is 1. The van der Waals surface area contributed by atoms with Gasteiger partial charge < -0.3 is 19.8 Å². The van der Waals surface area contributed by atoms with E-state index in [9.17, 15) is 9.59 Å². The molecule has 0 saturated carbocycles. The lowest BCUT2D eigenvalue weighted by Gasteiger charge is -2.36. The highest BCUT2D eigenvalue weighted by molar-refractivity contribution is 6.07. The number of hydrogen-bond acceptors (Lipinski definition) is 4. The molecule has 2 amide bonds. The van der Waals surface area contributed by atoms with E-state index in [4.69, 9.17) is 14.9 Å². The first kappa shape index (κ1) is 16.4. The SMILES string of the molecule is COc1ccc2oc(C)c(C(=O)N3CC(C(N)=O)CCC3C)c2c1. The third-order valence-corrected chi connectivity index (χ3v) is 4.83.